The minimum Gasteiger partial charge on any atom is -0.350 e. The quantitative estimate of drug-likeness (QED) is 0.799. The van der Waals surface area contributed by atoms with E-state index in [1.807, 2.05) is 52.0 Å². The summed E-state index contributed by atoms with van der Waals surface area (Å²) in [5.74, 6) is 0.102. The molecule has 2 rings (SSSR count). The number of thiazole rings is 1. The number of para-hydroxylation sites is 1. The van der Waals surface area contributed by atoms with Crippen LogP contribution in [0.15, 0.2) is 28.6 Å². The molecule has 0 saturated carbocycles. The van der Waals surface area contributed by atoms with Crippen molar-refractivity contribution in [2.24, 2.45) is 0 Å². The molecule has 0 aliphatic heterocycles. The van der Waals surface area contributed by atoms with E-state index in [4.69, 9.17) is 0 Å². The van der Waals surface area contributed by atoms with E-state index in [0.717, 1.165) is 14.6 Å². The van der Waals surface area contributed by atoms with Crippen molar-refractivity contribution >= 4 is 45.1 Å². The highest BCUT2D eigenvalue weighted by molar-refractivity contribution is 8.01. The van der Waals surface area contributed by atoms with Crippen LogP contribution in [0, 0.1) is 0 Å². The van der Waals surface area contributed by atoms with Gasteiger partial charge in [0.25, 0.3) is 0 Å². The van der Waals surface area contributed by atoms with Crippen molar-refractivity contribution in [2.75, 3.05) is 18.8 Å². The first-order valence-electron chi connectivity index (χ1n) is 7.85. The first kappa shape index (κ1) is 18.7. The fourth-order valence-electron chi connectivity index (χ4n) is 2.14. The molecule has 0 unspecified atom stereocenters. The molecule has 1 N–H and O–H groups in total. The summed E-state index contributed by atoms with van der Waals surface area (Å²) in [5, 5.41) is 2.88. The normalized spacial score (nSPS) is 11.5. The Labute approximate surface area is 150 Å². The van der Waals surface area contributed by atoms with E-state index in [1.165, 1.54) is 11.8 Å². The van der Waals surface area contributed by atoms with Crippen molar-refractivity contribution in [3.8, 4) is 0 Å². The molecule has 2 aromatic rings. The maximum Gasteiger partial charge on any atom is 0.240 e. The highest BCUT2D eigenvalue weighted by atomic mass is 32.2. The third-order valence-electron chi connectivity index (χ3n) is 3.18. The van der Waals surface area contributed by atoms with E-state index in [-0.39, 0.29) is 29.7 Å². The number of hydrogen-bond acceptors (Lipinski definition) is 5. The molecule has 1 aromatic heterocycles. The second-order valence-corrected chi connectivity index (χ2v) is 8.70. The lowest BCUT2D eigenvalue weighted by atomic mass is 10.1. The molecule has 0 aliphatic rings. The second-order valence-electron chi connectivity index (χ2n) is 6.44. The first-order chi connectivity index (χ1) is 11.3. The zero-order valence-corrected chi connectivity index (χ0v) is 16.1. The summed E-state index contributed by atoms with van der Waals surface area (Å²) in [6.45, 7) is 8.25. The van der Waals surface area contributed by atoms with Gasteiger partial charge < -0.3 is 10.2 Å². The Morgan fingerprint density at radius 2 is 2.00 bits per heavy atom. The van der Waals surface area contributed by atoms with Crippen molar-refractivity contribution < 1.29 is 9.59 Å². The number of nitrogens with one attached hydrogen (secondary N) is 1. The summed E-state index contributed by atoms with van der Waals surface area (Å²) < 4.78 is 1.99. The van der Waals surface area contributed by atoms with Gasteiger partial charge in [0, 0.05) is 12.1 Å². The van der Waals surface area contributed by atoms with E-state index in [0.29, 0.717) is 6.54 Å². The Morgan fingerprint density at radius 1 is 1.29 bits per heavy atom. The average Bonchev–Trinajstić information content (AvgIpc) is 2.91. The van der Waals surface area contributed by atoms with Crippen LogP contribution in [0.1, 0.15) is 27.7 Å². The summed E-state index contributed by atoms with van der Waals surface area (Å²) >= 11 is 3.00. The van der Waals surface area contributed by atoms with Gasteiger partial charge in [0.2, 0.25) is 11.8 Å². The van der Waals surface area contributed by atoms with Crippen LogP contribution in [0.2, 0.25) is 0 Å². The molecule has 0 radical (unpaired) electrons. The minimum absolute atomic E-state index is 0.0502. The molecule has 24 heavy (non-hydrogen) atoms. The molecule has 130 valence electrons. The van der Waals surface area contributed by atoms with Crippen molar-refractivity contribution in [1.82, 2.24) is 15.2 Å². The number of fused-ring (bicyclic) bond motifs is 1. The molecule has 1 aromatic carbocycles. The van der Waals surface area contributed by atoms with Crippen LogP contribution in [0.25, 0.3) is 10.2 Å². The number of likely N-dealkylation sites (N-methyl/N-ethyl adjacent to an activating group) is 1. The Morgan fingerprint density at radius 3 is 2.62 bits per heavy atom. The van der Waals surface area contributed by atoms with Crippen LogP contribution in [-0.2, 0) is 9.59 Å². The topological polar surface area (TPSA) is 62.3 Å². The van der Waals surface area contributed by atoms with Gasteiger partial charge in [0.15, 0.2) is 4.34 Å². The van der Waals surface area contributed by atoms with Gasteiger partial charge in [-0.2, -0.15) is 0 Å². The lowest BCUT2D eigenvalue weighted by molar-refractivity contribution is -0.134. The largest absolute Gasteiger partial charge is 0.350 e. The van der Waals surface area contributed by atoms with Crippen molar-refractivity contribution in [1.29, 1.82) is 0 Å². The number of nitrogens with zero attached hydrogens (tertiary/aromatic N) is 2. The van der Waals surface area contributed by atoms with Gasteiger partial charge >= 0.3 is 0 Å². The predicted molar refractivity (Wildman–Crippen MR) is 100 cm³/mol. The number of hydrogen-bond donors (Lipinski definition) is 1. The van der Waals surface area contributed by atoms with Gasteiger partial charge in [0.1, 0.15) is 0 Å². The van der Waals surface area contributed by atoms with Crippen LogP contribution in [0.4, 0.5) is 0 Å². The smallest absolute Gasteiger partial charge is 0.240 e. The van der Waals surface area contributed by atoms with Crippen molar-refractivity contribution in [3.05, 3.63) is 24.3 Å². The summed E-state index contributed by atoms with van der Waals surface area (Å²) in [6, 6.07) is 7.92. The molecule has 5 nitrogen and oxygen atoms in total. The third kappa shape index (κ3) is 5.49. The van der Waals surface area contributed by atoms with Gasteiger partial charge in [-0.15, -0.1) is 11.3 Å². The number of thioether (sulfide) groups is 1. The van der Waals surface area contributed by atoms with Crippen molar-refractivity contribution in [2.45, 2.75) is 37.6 Å². The van der Waals surface area contributed by atoms with Crippen LogP contribution in [-0.4, -0.2) is 46.1 Å². The molecule has 0 spiro atoms. The van der Waals surface area contributed by atoms with Crippen molar-refractivity contribution in [3.63, 3.8) is 0 Å². The van der Waals surface area contributed by atoms with Crippen LogP contribution >= 0.6 is 23.1 Å². The first-order valence-corrected chi connectivity index (χ1v) is 9.66. The van der Waals surface area contributed by atoms with E-state index < -0.39 is 0 Å². The Kier molecular flexibility index (Phi) is 6.23. The number of amides is 2. The van der Waals surface area contributed by atoms with Gasteiger partial charge in [-0.25, -0.2) is 4.98 Å². The summed E-state index contributed by atoms with van der Waals surface area (Å²) in [5.41, 5.74) is 0.657. The highest BCUT2D eigenvalue weighted by Crippen LogP contribution is 2.29. The van der Waals surface area contributed by atoms with E-state index in [9.17, 15) is 9.59 Å². The van der Waals surface area contributed by atoms with Gasteiger partial charge in [0.05, 0.1) is 22.5 Å². The molecule has 0 saturated heterocycles. The van der Waals surface area contributed by atoms with E-state index >= 15 is 0 Å². The number of rotatable bonds is 6. The van der Waals surface area contributed by atoms with Gasteiger partial charge in [-0.05, 0) is 39.8 Å². The van der Waals surface area contributed by atoms with E-state index in [1.54, 1.807) is 16.2 Å². The van der Waals surface area contributed by atoms with Crippen LogP contribution in [0.5, 0.6) is 0 Å². The predicted octanol–water partition coefficient (Wildman–Crippen LogP) is 3.15. The zero-order chi connectivity index (χ0) is 17.7. The lowest BCUT2D eigenvalue weighted by Crippen LogP contribution is -2.47. The number of carbonyl (C=O) groups excluding carboxylic acids is 2. The molecule has 7 heteroatoms. The van der Waals surface area contributed by atoms with Gasteiger partial charge in [-0.3, -0.25) is 9.59 Å². The molecule has 1 heterocycles. The number of benzene rings is 1. The molecule has 0 aliphatic carbocycles. The molecule has 0 atom stereocenters. The minimum atomic E-state index is -0.296. The lowest BCUT2D eigenvalue weighted by Gasteiger charge is -2.24. The molecular formula is C17H23N3O2S2. The maximum absolute atomic E-state index is 12.4. The summed E-state index contributed by atoms with van der Waals surface area (Å²) in [4.78, 5) is 30.4. The molecule has 2 amide bonds. The SMILES string of the molecule is CCN(CC(=O)NC(C)(C)C)C(=O)CSc1nc2ccccc2s1. The summed E-state index contributed by atoms with van der Waals surface area (Å²) in [6.07, 6.45) is 0. The fourth-order valence-corrected chi connectivity index (χ4v) is 4.11. The molecular weight excluding hydrogens is 342 g/mol. The Bertz CT molecular complexity index is 689. The van der Waals surface area contributed by atoms with Crippen LogP contribution in [0.3, 0.4) is 0 Å². The fraction of sp³-hybridized carbons (Fsp3) is 0.471. The van der Waals surface area contributed by atoms with E-state index in [2.05, 4.69) is 10.3 Å². The molecule has 0 fully saturated rings. The third-order valence-corrected chi connectivity index (χ3v) is 5.34. The zero-order valence-electron chi connectivity index (χ0n) is 14.5. The van der Waals surface area contributed by atoms with Crippen LogP contribution < -0.4 is 5.32 Å². The summed E-state index contributed by atoms with van der Waals surface area (Å²) in [7, 11) is 0. The monoisotopic (exact) mass is 365 g/mol. The average molecular weight is 366 g/mol. The molecule has 0 bridgehead atoms. The standard InChI is InChI=1S/C17H23N3O2S2/c1-5-20(10-14(21)19-17(2,3)4)15(22)11-23-16-18-12-8-6-7-9-13(12)24-16/h6-9H,5,10-11H2,1-4H3,(H,19,21). The second kappa shape index (κ2) is 7.98. The highest BCUT2D eigenvalue weighted by Gasteiger charge is 2.19. The Hall–Kier alpha value is -1.60. The number of aromatic nitrogens is 1. The Balaban J connectivity index is 1.90. The van der Waals surface area contributed by atoms with Gasteiger partial charge in [-0.1, -0.05) is 23.9 Å². The maximum atomic E-state index is 12.4. The number of carbonyl (C=O) groups is 2.